The van der Waals surface area contributed by atoms with E-state index in [0.29, 0.717) is 25.0 Å². The van der Waals surface area contributed by atoms with Gasteiger partial charge in [-0.3, -0.25) is 0 Å². The molecule has 0 aliphatic carbocycles. The Morgan fingerprint density at radius 2 is 2.29 bits per heavy atom. The first-order valence-electron chi connectivity index (χ1n) is 4.59. The van der Waals surface area contributed by atoms with Gasteiger partial charge in [-0.25, -0.2) is 4.98 Å². The summed E-state index contributed by atoms with van der Waals surface area (Å²) < 4.78 is 5.25. The van der Waals surface area contributed by atoms with E-state index in [2.05, 4.69) is 15.3 Å². The highest BCUT2D eigenvalue weighted by Gasteiger charge is 2.01. The lowest BCUT2D eigenvalue weighted by atomic mass is 10.4. The summed E-state index contributed by atoms with van der Waals surface area (Å²) in [5.41, 5.74) is 0.837. The molecule has 1 aromatic heterocycles. The molecule has 0 spiro atoms. The second-order valence-electron chi connectivity index (χ2n) is 2.75. The lowest BCUT2D eigenvalue weighted by Gasteiger charge is -2.06. The summed E-state index contributed by atoms with van der Waals surface area (Å²) in [6.07, 6.45) is 0. The lowest BCUT2D eigenvalue weighted by molar-refractivity contribution is 0.310. The van der Waals surface area contributed by atoms with Crippen molar-refractivity contribution in [1.82, 2.24) is 9.97 Å². The molecular weight excluding hydrogens is 182 g/mol. The highest BCUT2D eigenvalue weighted by atomic mass is 16.5. The first kappa shape index (κ1) is 10.7. The van der Waals surface area contributed by atoms with Crippen LogP contribution in [-0.2, 0) is 0 Å². The van der Waals surface area contributed by atoms with Crippen molar-refractivity contribution in [3.8, 4) is 5.88 Å². The minimum atomic E-state index is 0.0568. The van der Waals surface area contributed by atoms with E-state index in [1.807, 2.05) is 13.8 Å². The summed E-state index contributed by atoms with van der Waals surface area (Å²) in [7, 11) is 0. The molecule has 5 nitrogen and oxygen atoms in total. The molecule has 0 bridgehead atoms. The molecule has 78 valence electrons. The monoisotopic (exact) mass is 197 g/mol. The van der Waals surface area contributed by atoms with E-state index in [-0.39, 0.29) is 6.61 Å². The van der Waals surface area contributed by atoms with E-state index in [4.69, 9.17) is 9.84 Å². The topological polar surface area (TPSA) is 67.3 Å². The molecule has 0 unspecified atom stereocenters. The number of aryl methyl sites for hydroxylation is 1. The highest BCUT2D eigenvalue weighted by molar-refractivity contribution is 5.30. The minimum absolute atomic E-state index is 0.0568. The van der Waals surface area contributed by atoms with Crippen molar-refractivity contribution >= 4 is 5.95 Å². The van der Waals surface area contributed by atoms with Crippen molar-refractivity contribution in [3.63, 3.8) is 0 Å². The fourth-order valence-corrected chi connectivity index (χ4v) is 1.01. The van der Waals surface area contributed by atoms with E-state index < -0.39 is 0 Å². The molecule has 0 saturated heterocycles. The Balaban J connectivity index is 2.73. The predicted octanol–water partition coefficient (Wildman–Crippen LogP) is 0.588. The number of ether oxygens (including phenoxy) is 1. The maximum absolute atomic E-state index is 8.62. The Kier molecular flexibility index (Phi) is 4.12. The van der Waals surface area contributed by atoms with Gasteiger partial charge < -0.3 is 15.2 Å². The molecule has 0 fully saturated rings. The van der Waals surface area contributed by atoms with Crippen LogP contribution in [0.25, 0.3) is 0 Å². The van der Waals surface area contributed by atoms with Crippen LogP contribution in [0.15, 0.2) is 6.07 Å². The van der Waals surface area contributed by atoms with E-state index in [0.717, 1.165) is 5.69 Å². The van der Waals surface area contributed by atoms with Crippen molar-refractivity contribution in [3.05, 3.63) is 11.8 Å². The van der Waals surface area contributed by atoms with Gasteiger partial charge in [0.05, 0.1) is 13.2 Å². The maximum Gasteiger partial charge on any atom is 0.226 e. The molecule has 0 amide bonds. The molecular formula is C9H15N3O2. The highest BCUT2D eigenvalue weighted by Crippen LogP contribution is 2.11. The fraction of sp³-hybridized carbons (Fsp3) is 0.556. The number of aliphatic hydroxyl groups is 1. The summed E-state index contributed by atoms with van der Waals surface area (Å²) in [6.45, 7) is 4.85. The van der Waals surface area contributed by atoms with Crippen LogP contribution in [-0.4, -0.2) is 34.8 Å². The van der Waals surface area contributed by atoms with E-state index in [9.17, 15) is 0 Å². The van der Waals surface area contributed by atoms with Gasteiger partial charge in [-0.1, -0.05) is 0 Å². The first-order valence-corrected chi connectivity index (χ1v) is 4.59. The third-order valence-electron chi connectivity index (χ3n) is 1.52. The second-order valence-corrected chi connectivity index (χ2v) is 2.75. The Hall–Kier alpha value is -1.36. The van der Waals surface area contributed by atoms with E-state index in [1.54, 1.807) is 6.07 Å². The maximum atomic E-state index is 8.62. The molecule has 0 atom stereocenters. The van der Waals surface area contributed by atoms with Gasteiger partial charge in [0.2, 0.25) is 11.8 Å². The van der Waals surface area contributed by atoms with Crippen molar-refractivity contribution < 1.29 is 9.84 Å². The molecule has 5 heteroatoms. The number of anilines is 1. The molecule has 14 heavy (non-hydrogen) atoms. The SMILES string of the molecule is CCOc1cc(C)nc(NCCO)n1. The summed E-state index contributed by atoms with van der Waals surface area (Å²) in [5.74, 6) is 1.04. The summed E-state index contributed by atoms with van der Waals surface area (Å²) >= 11 is 0. The van der Waals surface area contributed by atoms with Gasteiger partial charge in [0.1, 0.15) is 0 Å². The van der Waals surface area contributed by atoms with E-state index in [1.165, 1.54) is 0 Å². The molecule has 0 aliphatic heterocycles. The zero-order valence-corrected chi connectivity index (χ0v) is 8.45. The van der Waals surface area contributed by atoms with Crippen LogP contribution >= 0.6 is 0 Å². The number of hydrogen-bond acceptors (Lipinski definition) is 5. The first-order chi connectivity index (χ1) is 6.76. The van der Waals surface area contributed by atoms with Crippen LogP contribution in [0.2, 0.25) is 0 Å². The van der Waals surface area contributed by atoms with Crippen LogP contribution in [0.4, 0.5) is 5.95 Å². The summed E-state index contributed by atoms with van der Waals surface area (Å²) in [4.78, 5) is 8.25. The molecule has 0 aromatic carbocycles. The van der Waals surface area contributed by atoms with Gasteiger partial charge in [-0.15, -0.1) is 0 Å². The minimum Gasteiger partial charge on any atom is -0.478 e. The van der Waals surface area contributed by atoms with Gasteiger partial charge in [-0.05, 0) is 13.8 Å². The summed E-state index contributed by atoms with van der Waals surface area (Å²) in [5, 5.41) is 11.5. The summed E-state index contributed by atoms with van der Waals surface area (Å²) in [6, 6.07) is 1.77. The normalized spacial score (nSPS) is 9.93. The molecule has 1 aromatic rings. The molecule has 0 aliphatic rings. The third kappa shape index (κ3) is 3.18. The number of aromatic nitrogens is 2. The van der Waals surface area contributed by atoms with Crippen LogP contribution in [0, 0.1) is 6.92 Å². The van der Waals surface area contributed by atoms with Gasteiger partial charge in [0, 0.05) is 18.3 Å². The smallest absolute Gasteiger partial charge is 0.226 e. The average Bonchev–Trinajstić information content (AvgIpc) is 2.14. The Bertz CT molecular complexity index is 291. The van der Waals surface area contributed by atoms with E-state index >= 15 is 0 Å². The van der Waals surface area contributed by atoms with Crippen molar-refractivity contribution in [2.75, 3.05) is 25.1 Å². The number of nitrogens with zero attached hydrogens (tertiary/aromatic N) is 2. The fourth-order valence-electron chi connectivity index (χ4n) is 1.01. The quantitative estimate of drug-likeness (QED) is 0.723. The van der Waals surface area contributed by atoms with Crippen LogP contribution in [0.5, 0.6) is 5.88 Å². The van der Waals surface area contributed by atoms with Gasteiger partial charge in [-0.2, -0.15) is 4.98 Å². The predicted molar refractivity (Wildman–Crippen MR) is 53.5 cm³/mol. The van der Waals surface area contributed by atoms with Crippen LogP contribution < -0.4 is 10.1 Å². The zero-order chi connectivity index (χ0) is 10.4. The molecule has 1 heterocycles. The molecule has 0 saturated carbocycles. The number of rotatable bonds is 5. The van der Waals surface area contributed by atoms with Gasteiger partial charge in [0.25, 0.3) is 0 Å². The van der Waals surface area contributed by atoms with Gasteiger partial charge >= 0.3 is 0 Å². The standard InChI is InChI=1S/C9H15N3O2/c1-3-14-8-6-7(2)11-9(12-8)10-4-5-13/h6,13H,3-5H2,1-2H3,(H,10,11,12). The second kappa shape index (κ2) is 5.39. The van der Waals surface area contributed by atoms with Crippen LogP contribution in [0.3, 0.4) is 0 Å². The Labute approximate surface area is 83.2 Å². The Morgan fingerprint density at radius 1 is 1.50 bits per heavy atom. The average molecular weight is 197 g/mol. The van der Waals surface area contributed by atoms with Crippen molar-refractivity contribution in [1.29, 1.82) is 0 Å². The van der Waals surface area contributed by atoms with Gasteiger partial charge in [0.15, 0.2) is 0 Å². The van der Waals surface area contributed by atoms with Crippen molar-refractivity contribution in [2.45, 2.75) is 13.8 Å². The van der Waals surface area contributed by atoms with Crippen molar-refractivity contribution in [2.24, 2.45) is 0 Å². The largest absolute Gasteiger partial charge is 0.478 e. The molecule has 1 rings (SSSR count). The van der Waals surface area contributed by atoms with Crippen LogP contribution in [0.1, 0.15) is 12.6 Å². The number of nitrogens with one attached hydrogen (secondary N) is 1. The number of hydrogen-bond donors (Lipinski definition) is 2. The lowest BCUT2D eigenvalue weighted by Crippen LogP contribution is -2.10. The number of aliphatic hydroxyl groups excluding tert-OH is 1. The zero-order valence-electron chi connectivity index (χ0n) is 8.45. The Morgan fingerprint density at radius 3 is 2.93 bits per heavy atom. The molecule has 2 N–H and O–H groups in total. The molecule has 0 radical (unpaired) electrons. The third-order valence-corrected chi connectivity index (χ3v) is 1.52.